The zero-order valence-electron chi connectivity index (χ0n) is 20.9. The largest absolute Gasteiger partial charge is 0.508 e. The lowest BCUT2D eigenvalue weighted by molar-refractivity contribution is 0.0954. The first-order valence-corrected chi connectivity index (χ1v) is 11.9. The Morgan fingerprint density at radius 2 is 1.89 bits per heavy atom. The van der Waals surface area contributed by atoms with E-state index in [9.17, 15) is 15.0 Å². The highest BCUT2D eigenvalue weighted by molar-refractivity contribution is 5.94. The summed E-state index contributed by atoms with van der Waals surface area (Å²) < 4.78 is 0. The number of aromatic nitrogens is 1. The molecule has 0 aliphatic heterocycles. The number of hydrogen-bond donors (Lipinski definition) is 5. The quantitative estimate of drug-likeness (QED) is 0.305. The molecule has 0 bridgehead atoms. The molecule has 0 saturated carbocycles. The lowest BCUT2D eigenvalue weighted by Gasteiger charge is -2.28. The van der Waals surface area contributed by atoms with Crippen molar-refractivity contribution < 1.29 is 15.0 Å². The zero-order chi connectivity index (χ0) is 25.6. The van der Waals surface area contributed by atoms with Crippen LogP contribution in [0.4, 0.5) is 5.82 Å². The van der Waals surface area contributed by atoms with Gasteiger partial charge in [0.2, 0.25) is 0 Å². The van der Waals surface area contributed by atoms with E-state index in [1.807, 2.05) is 44.2 Å². The first-order chi connectivity index (χ1) is 16.6. The number of aliphatic hydroxyl groups excluding tert-OH is 1. The molecule has 0 radical (unpaired) electrons. The molecule has 1 atom stereocenters. The SMILES string of the molecule is Cc1c(O)ccc(CCNC(=O)c2cccc(CC(C)(C)NC[C@@H](O)c3ccc(N)nc3)c2)c1C. The predicted molar refractivity (Wildman–Crippen MR) is 139 cm³/mol. The molecule has 0 saturated heterocycles. The molecule has 1 heterocycles. The number of carbonyl (C=O) groups excluding carboxylic acids is 1. The fourth-order valence-corrected chi connectivity index (χ4v) is 4.05. The van der Waals surface area contributed by atoms with Crippen molar-refractivity contribution in [3.63, 3.8) is 0 Å². The number of aliphatic hydroxyl groups is 1. The molecule has 0 aliphatic carbocycles. The van der Waals surface area contributed by atoms with Crippen LogP contribution < -0.4 is 16.4 Å². The van der Waals surface area contributed by atoms with Crippen molar-refractivity contribution >= 4 is 11.7 Å². The van der Waals surface area contributed by atoms with Gasteiger partial charge in [-0.2, -0.15) is 0 Å². The van der Waals surface area contributed by atoms with E-state index >= 15 is 0 Å². The number of nitrogens with two attached hydrogens (primary N) is 1. The van der Waals surface area contributed by atoms with Gasteiger partial charge in [-0.25, -0.2) is 4.98 Å². The van der Waals surface area contributed by atoms with Crippen molar-refractivity contribution in [3.05, 3.63) is 88.1 Å². The van der Waals surface area contributed by atoms with Gasteiger partial charge < -0.3 is 26.6 Å². The van der Waals surface area contributed by atoms with Crippen molar-refractivity contribution in [2.75, 3.05) is 18.8 Å². The number of rotatable bonds is 10. The number of nitrogens with zero attached hydrogens (tertiary/aromatic N) is 1. The van der Waals surface area contributed by atoms with Gasteiger partial charge in [0.15, 0.2) is 0 Å². The topological polar surface area (TPSA) is 120 Å². The third-order valence-corrected chi connectivity index (χ3v) is 6.35. The van der Waals surface area contributed by atoms with E-state index in [-0.39, 0.29) is 11.4 Å². The fourth-order valence-electron chi connectivity index (χ4n) is 4.05. The number of anilines is 1. The Morgan fingerprint density at radius 3 is 2.60 bits per heavy atom. The standard InChI is InChI=1S/C28H36N4O3/c1-18-19(2)24(33)10-8-21(18)12-13-30-27(35)22-7-5-6-20(14-22)15-28(3,4)32-17-25(34)23-9-11-26(29)31-16-23/h5-11,14,16,25,32-34H,12-13,15,17H2,1-4H3,(H2,29,31)(H,30,35)/t25-/m1/s1. The Morgan fingerprint density at radius 1 is 1.11 bits per heavy atom. The van der Waals surface area contributed by atoms with E-state index in [1.165, 1.54) is 0 Å². The smallest absolute Gasteiger partial charge is 0.251 e. The molecule has 6 N–H and O–H groups in total. The number of nitrogens with one attached hydrogen (secondary N) is 2. The minimum atomic E-state index is -0.694. The molecular formula is C28H36N4O3. The summed E-state index contributed by atoms with van der Waals surface area (Å²) in [6.45, 7) is 8.89. The maximum Gasteiger partial charge on any atom is 0.251 e. The summed E-state index contributed by atoms with van der Waals surface area (Å²) in [6.07, 6.45) is 2.27. The Hall–Kier alpha value is -3.42. The Bertz CT molecular complexity index is 1160. The van der Waals surface area contributed by atoms with E-state index in [0.717, 1.165) is 22.3 Å². The molecule has 0 unspecified atom stereocenters. The van der Waals surface area contributed by atoms with Gasteiger partial charge in [-0.05, 0) is 87.1 Å². The normalized spacial score (nSPS) is 12.4. The summed E-state index contributed by atoms with van der Waals surface area (Å²) in [5.74, 6) is 0.599. The number of phenols is 1. The highest BCUT2D eigenvalue weighted by atomic mass is 16.3. The van der Waals surface area contributed by atoms with Gasteiger partial charge >= 0.3 is 0 Å². The van der Waals surface area contributed by atoms with Crippen LogP contribution in [0.5, 0.6) is 5.75 Å². The highest BCUT2D eigenvalue weighted by Crippen LogP contribution is 2.23. The number of benzene rings is 2. The van der Waals surface area contributed by atoms with Crippen LogP contribution in [0.2, 0.25) is 0 Å². The van der Waals surface area contributed by atoms with Crippen LogP contribution in [0, 0.1) is 13.8 Å². The van der Waals surface area contributed by atoms with E-state index in [4.69, 9.17) is 5.73 Å². The number of phenolic OH excluding ortho intramolecular Hbond substituents is 1. The molecular weight excluding hydrogens is 440 g/mol. The molecule has 1 amide bonds. The molecule has 7 nitrogen and oxygen atoms in total. The lowest BCUT2D eigenvalue weighted by atomic mass is 9.93. The fraction of sp³-hybridized carbons (Fsp3) is 0.357. The number of hydrogen-bond acceptors (Lipinski definition) is 6. The first-order valence-electron chi connectivity index (χ1n) is 11.9. The molecule has 186 valence electrons. The predicted octanol–water partition coefficient (Wildman–Crippen LogP) is 3.60. The summed E-state index contributed by atoms with van der Waals surface area (Å²) in [4.78, 5) is 16.8. The Balaban J connectivity index is 1.54. The number of aromatic hydroxyl groups is 1. The minimum Gasteiger partial charge on any atom is -0.508 e. The highest BCUT2D eigenvalue weighted by Gasteiger charge is 2.20. The summed E-state index contributed by atoms with van der Waals surface area (Å²) >= 11 is 0. The molecule has 3 aromatic rings. The van der Waals surface area contributed by atoms with Crippen molar-refractivity contribution in [1.29, 1.82) is 0 Å². The first kappa shape index (κ1) is 26.2. The van der Waals surface area contributed by atoms with Crippen LogP contribution in [0.25, 0.3) is 0 Å². The lowest BCUT2D eigenvalue weighted by Crippen LogP contribution is -2.43. The van der Waals surface area contributed by atoms with E-state index in [0.29, 0.717) is 48.6 Å². The van der Waals surface area contributed by atoms with Gasteiger partial charge in [0, 0.05) is 36.0 Å². The van der Waals surface area contributed by atoms with Crippen LogP contribution in [0.1, 0.15) is 58.1 Å². The van der Waals surface area contributed by atoms with Crippen molar-refractivity contribution in [2.24, 2.45) is 0 Å². The van der Waals surface area contributed by atoms with Crippen molar-refractivity contribution in [1.82, 2.24) is 15.6 Å². The third-order valence-electron chi connectivity index (χ3n) is 6.35. The molecule has 0 aliphatic rings. The molecule has 0 spiro atoms. The third kappa shape index (κ3) is 7.28. The molecule has 2 aromatic carbocycles. The molecule has 35 heavy (non-hydrogen) atoms. The zero-order valence-corrected chi connectivity index (χ0v) is 20.9. The molecule has 3 rings (SSSR count). The summed E-state index contributed by atoms with van der Waals surface area (Å²) in [5, 5.41) is 26.7. The average molecular weight is 477 g/mol. The Labute approximate surface area is 207 Å². The second kappa shape index (κ2) is 11.3. The summed E-state index contributed by atoms with van der Waals surface area (Å²) in [7, 11) is 0. The monoisotopic (exact) mass is 476 g/mol. The second-order valence-electron chi connectivity index (χ2n) is 9.67. The summed E-state index contributed by atoms with van der Waals surface area (Å²) in [6, 6.07) is 14.7. The van der Waals surface area contributed by atoms with Gasteiger partial charge in [-0.1, -0.05) is 24.3 Å². The Kier molecular flexibility index (Phi) is 8.48. The molecule has 1 aromatic heterocycles. The number of β-amino-alcohol motifs (C(OH)–C–C–N with tert-alkyl or cyclic N) is 1. The van der Waals surface area contributed by atoms with Crippen LogP contribution in [0.15, 0.2) is 54.7 Å². The summed E-state index contributed by atoms with van der Waals surface area (Å²) in [5.41, 5.74) is 10.7. The van der Waals surface area contributed by atoms with E-state index in [2.05, 4.69) is 29.5 Å². The second-order valence-corrected chi connectivity index (χ2v) is 9.67. The van der Waals surface area contributed by atoms with Crippen LogP contribution in [0.3, 0.4) is 0 Å². The number of carbonyl (C=O) groups is 1. The number of amides is 1. The maximum absolute atomic E-state index is 12.7. The van der Waals surface area contributed by atoms with Crippen molar-refractivity contribution in [3.8, 4) is 5.75 Å². The molecule has 7 heteroatoms. The van der Waals surface area contributed by atoms with Gasteiger partial charge in [0.25, 0.3) is 5.91 Å². The number of pyridine rings is 1. The molecule has 0 fully saturated rings. The van der Waals surface area contributed by atoms with Crippen LogP contribution in [-0.4, -0.2) is 39.7 Å². The minimum absolute atomic E-state index is 0.114. The van der Waals surface area contributed by atoms with Crippen LogP contribution >= 0.6 is 0 Å². The van der Waals surface area contributed by atoms with Gasteiger partial charge in [-0.15, -0.1) is 0 Å². The van der Waals surface area contributed by atoms with Gasteiger partial charge in [-0.3, -0.25) is 4.79 Å². The number of nitrogen functional groups attached to an aromatic ring is 1. The van der Waals surface area contributed by atoms with Crippen molar-refractivity contribution in [2.45, 2.75) is 52.2 Å². The van der Waals surface area contributed by atoms with E-state index in [1.54, 1.807) is 24.4 Å². The van der Waals surface area contributed by atoms with Gasteiger partial charge in [0.1, 0.15) is 11.6 Å². The maximum atomic E-state index is 12.7. The van der Waals surface area contributed by atoms with Crippen LogP contribution in [-0.2, 0) is 12.8 Å². The van der Waals surface area contributed by atoms with E-state index < -0.39 is 6.10 Å². The van der Waals surface area contributed by atoms with Gasteiger partial charge in [0.05, 0.1) is 6.10 Å². The average Bonchev–Trinajstić information content (AvgIpc) is 2.83.